The van der Waals surface area contributed by atoms with E-state index in [2.05, 4.69) is 90.0 Å². The summed E-state index contributed by atoms with van der Waals surface area (Å²) in [6.45, 7) is 30.8. The van der Waals surface area contributed by atoms with E-state index >= 15 is 0 Å². The summed E-state index contributed by atoms with van der Waals surface area (Å²) in [5.41, 5.74) is 0.551. The van der Waals surface area contributed by atoms with E-state index in [1.807, 2.05) is 0 Å². The molecule has 0 aromatic rings. The van der Waals surface area contributed by atoms with E-state index in [0.717, 1.165) is 18.4 Å². The molecule has 0 bridgehead atoms. The summed E-state index contributed by atoms with van der Waals surface area (Å²) in [6.07, 6.45) is 1.24. The zero-order valence-electron chi connectivity index (χ0n) is 20.7. The van der Waals surface area contributed by atoms with Crippen LogP contribution in [0.25, 0.3) is 0 Å². The SMILES string of the molecule is CC1C(C)[C@H](C(C)(C)C)O[C@@H](C)[C@@H]1C.CC1[C@@H](C)[C@H](C)CO[C@H]1C(C)(C)C. The first-order valence-electron chi connectivity index (χ1n) is 11.4. The second-order valence-electron chi connectivity index (χ2n) is 12.0. The van der Waals surface area contributed by atoms with Crippen LogP contribution in [0.2, 0.25) is 0 Å². The van der Waals surface area contributed by atoms with Gasteiger partial charge in [-0.25, -0.2) is 0 Å². The largest absolute Gasteiger partial charge is 0.377 e. The molecule has 2 fully saturated rings. The molecule has 0 amide bonds. The van der Waals surface area contributed by atoms with Crippen molar-refractivity contribution < 1.29 is 9.47 Å². The first-order chi connectivity index (χ1) is 12.1. The van der Waals surface area contributed by atoms with Crippen LogP contribution < -0.4 is 0 Å². The minimum Gasteiger partial charge on any atom is -0.377 e. The quantitative estimate of drug-likeness (QED) is 0.446. The molecule has 27 heavy (non-hydrogen) atoms. The lowest BCUT2D eigenvalue weighted by atomic mass is 9.70. The smallest absolute Gasteiger partial charge is 0.0655 e. The highest BCUT2D eigenvalue weighted by atomic mass is 16.5. The van der Waals surface area contributed by atoms with Gasteiger partial charge in [-0.2, -0.15) is 0 Å². The molecule has 2 rings (SSSR count). The Morgan fingerprint density at radius 1 is 0.556 bits per heavy atom. The Balaban J connectivity index is 0.000000271. The van der Waals surface area contributed by atoms with Crippen molar-refractivity contribution >= 4 is 0 Å². The van der Waals surface area contributed by atoms with E-state index in [9.17, 15) is 0 Å². The molecule has 0 N–H and O–H groups in total. The molecule has 3 unspecified atom stereocenters. The van der Waals surface area contributed by atoms with Gasteiger partial charge in [-0.05, 0) is 53.3 Å². The molecule has 0 spiro atoms. The van der Waals surface area contributed by atoms with Crippen molar-refractivity contribution in [2.45, 2.75) is 108 Å². The lowest BCUT2D eigenvalue weighted by Crippen LogP contribution is -2.48. The highest BCUT2D eigenvalue weighted by Gasteiger charge is 2.42. The fraction of sp³-hybridized carbons (Fsp3) is 1.00. The minimum absolute atomic E-state index is 0.266. The molecule has 2 heterocycles. The fourth-order valence-corrected chi connectivity index (χ4v) is 5.05. The minimum atomic E-state index is 0.266. The van der Waals surface area contributed by atoms with E-state index in [1.54, 1.807) is 0 Å². The number of hydrogen-bond donors (Lipinski definition) is 0. The van der Waals surface area contributed by atoms with Crippen LogP contribution in [0.15, 0.2) is 0 Å². The molecule has 2 nitrogen and oxygen atoms in total. The molecule has 0 aliphatic carbocycles. The van der Waals surface area contributed by atoms with E-state index in [-0.39, 0.29) is 10.8 Å². The van der Waals surface area contributed by atoms with Crippen molar-refractivity contribution in [2.75, 3.05) is 6.61 Å². The molecule has 9 atom stereocenters. The van der Waals surface area contributed by atoms with Gasteiger partial charge in [0.15, 0.2) is 0 Å². The summed E-state index contributed by atoms with van der Waals surface area (Å²) < 4.78 is 12.1. The number of hydrogen-bond acceptors (Lipinski definition) is 2. The van der Waals surface area contributed by atoms with Crippen molar-refractivity contribution in [3.05, 3.63) is 0 Å². The summed E-state index contributed by atoms with van der Waals surface area (Å²) >= 11 is 0. The fourth-order valence-electron chi connectivity index (χ4n) is 5.05. The molecule has 2 heteroatoms. The van der Waals surface area contributed by atoms with Crippen molar-refractivity contribution in [1.82, 2.24) is 0 Å². The molecule has 0 aromatic heterocycles. The van der Waals surface area contributed by atoms with Crippen molar-refractivity contribution in [1.29, 1.82) is 0 Å². The highest BCUT2D eigenvalue weighted by Crippen LogP contribution is 2.41. The predicted molar refractivity (Wildman–Crippen MR) is 118 cm³/mol. The van der Waals surface area contributed by atoms with E-state index in [4.69, 9.17) is 9.47 Å². The zero-order valence-corrected chi connectivity index (χ0v) is 20.7. The van der Waals surface area contributed by atoms with Crippen molar-refractivity contribution in [3.63, 3.8) is 0 Å². The van der Waals surface area contributed by atoms with Crippen LogP contribution in [-0.4, -0.2) is 24.9 Å². The summed E-state index contributed by atoms with van der Waals surface area (Å²) in [4.78, 5) is 0. The van der Waals surface area contributed by atoms with Crippen molar-refractivity contribution in [3.8, 4) is 0 Å². The van der Waals surface area contributed by atoms with E-state index in [1.165, 1.54) is 0 Å². The maximum Gasteiger partial charge on any atom is 0.0655 e. The third-order valence-corrected chi connectivity index (χ3v) is 7.69. The Bertz CT molecular complexity index is 444. The maximum absolute atomic E-state index is 6.15. The van der Waals surface area contributed by atoms with Crippen LogP contribution in [0.3, 0.4) is 0 Å². The Morgan fingerprint density at radius 2 is 1.00 bits per heavy atom. The second kappa shape index (κ2) is 9.16. The summed E-state index contributed by atoms with van der Waals surface area (Å²) in [7, 11) is 0. The van der Waals surface area contributed by atoms with Crippen LogP contribution in [0, 0.1) is 46.3 Å². The molecule has 2 aliphatic rings. The molecule has 0 aromatic carbocycles. The molecule has 0 radical (unpaired) electrons. The van der Waals surface area contributed by atoms with Crippen molar-refractivity contribution in [2.24, 2.45) is 46.3 Å². The Hall–Kier alpha value is -0.0800. The van der Waals surface area contributed by atoms with Gasteiger partial charge in [0.25, 0.3) is 0 Å². The van der Waals surface area contributed by atoms with Gasteiger partial charge in [0.1, 0.15) is 0 Å². The van der Waals surface area contributed by atoms with Crippen LogP contribution in [0.1, 0.15) is 90.0 Å². The lowest BCUT2D eigenvalue weighted by Gasteiger charge is -2.47. The summed E-state index contributed by atoms with van der Waals surface area (Å²) in [5, 5.41) is 0. The van der Waals surface area contributed by atoms with Gasteiger partial charge >= 0.3 is 0 Å². The molecule has 0 saturated carbocycles. The standard InChI is InChI=1S/C13H26O.C12H24O/c1-8-9(2)11(4)14-12(10(8)3)13(5,6)7;1-8-7-13-11(12(4,5)6)10(3)9(8)2/h8-12H,1-7H3;8-11H,7H2,1-6H3/t8?,9-,10?,11+,12-;8-,9+,10?,11-/m11/s1. The van der Waals surface area contributed by atoms with Gasteiger partial charge in [-0.1, -0.05) is 83.1 Å². The molecule has 2 aliphatic heterocycles. The molecule has 162 valence electrons. The zero-order chi connectivity index (χ0) is 21.3. The van der Waals surface area contributed by atoms with Crippen LogP contribution in [-0.2, 0) is 9.47 Å². The third kappa shape index (κ3) is 6.20. The average molecular weight is 383 g/mol. The topological polar surface area (TPSA) is 18.5 Å². The molecular formula is C25H50O2. The van der Waals surface area contributed by atoms with Gasteiger partial charge < -0.3 is 9.47 Å². The lowest BCUT2D eigenvalue weighted by molar-refractivity contribution is -0.163. The molecular weight excluding hydrogens is 332 g/mol. The van der Waals surface area contributed by atoms with Crippen LogP contribution in [0.4, 0.5) is 0 Å². The Labute approximate surface area is 171 Å². The predicted octanol–water partition coefficient (Wildman–Crippen LogP) is 7.07. The number of ether oxygens (including phenoxy) is 2. The average Bonchev–Trinajstić information content (AvgIpc) is 2.52. The van der Waals surface area contributed by atoms with Crippen LogP contribution in [0.5, 0.6) is 0 Å². The van der Waals surface area contributed by atoms with E-state index in [0.29, 0.717) is 42.0 Å². The van der Waals surface area contributed by atoms with Gasteiger partial charge in [0, 0.05) is 6.61 Å². The molecule has 2 saturated heterocycles. The Kier molecular flexibility index (Phi) is 8.47. The normalized spacial score (nSPS) is 43.7. The van der Waals surface area contributed by atoms with Gasteiger partial charge in [0.2, 0.25) is 0 Å². The van der Waals surface area contributed by atoms with Gasteiger partial charge in [-0.15, -0.1) is 0 Å². The first-order valence-corrected chi connectivity index (χ1v) is 11.4. The van der Waals surface area contributed by atoms with Crippen LogP contribution >= 0.6 is 0 Å². The second-order valence-corrected chi connectivity index (χ2v) is 12.0. The maximum atomic E-state index is 6.15. The van der Waals surface area contributed by atoms with E-state index < -0.39 is 0 Å². The third-order valence-electron chi connectivity index (χ3n) is 7.69. The Morgan fingerprint density at radius 3 is 1.44 bits per heavy atom. The first kappa shape index (κ1) is 25.0. The number of rotatable bonds is 0. The van der Waals surface area contributed by atoms with Gasteiger partial charge in [0.05, 0.1) is 18.3 Å². The summed E-state index contributed by atoms with van der Waals surface area (Å²) in [5.74, 6) is 4.31. The van der Waals surface area contributed by atoms with Gasteiger partial charge in [-0.3, -0.25) is 0 Å². The highest BCUT2D eigenvalue weighted by molar-refractivity contribution is 4.90. The summed E-state index contributed by atoms with van der Waals surface area (Å²) in [6, 6.07) is 0. The monoisotopic (exact) mass is 382 g/mol.